The van der Waals surface area contributed by atoms with Crippen molar-refractivity contribution >= 4 is 0 Å². The van der Waals surface area contributed by atoms with E-state index in [9.17, 15) is 0 Å². The first-order valence-electron chi connectivity index (χ1n) is 4.75. The zero-order chi connectivity index (χ0) is 10.2. The summed E-state index contributed by atoms with van der Waals surface area (Å²) in [5, 5.41) is 8.55. The van der Waals surface area contributed by atoms with Gasteiger partial charge in [-0.05, 0) is 37.1 Å². The van der Waals surface area contributed by atoms with E-state index < -0.39 is 0 Å². The summed E-state index contributed by atoms with van der Waals surface area (Å²) < 4.78 is 0. The quantitative estimate of drug-likeness (QED) is 0.695. The van der Waals surface area contributed by atoms with Gasteiger partial charge in [0.25, 0.3) is 0 Å². The summed E-state index contributed by atoms with van der Waals surface area (Å²) in [6, 6.07) is 8.03. The van der Waals surface area contributed by atoms with Crippen molar-refractivity contribution in [2.45, 2.75) is 12.8 Å². The van der Waals surface area contributed by atoms with Crippen molar-refractivity contribution in [3.8, 4) is 11.8 Å². The minimum atomic E-state index is -0.0903. The monoisotopic (exact) mass is 189 g/mol. The molecule has 1 rings (SSSR count). The van der Waals surface area contributed by atoms with Crippen LogP contribution in [0.25, 0.3) is 0 Å². The van der Waals surface area contributed by atoms with E-state index in [2.05, 4.69) is 17.9 Å². The fourth-order valence-electron chi connectivity index (χ4n) is 1.25. The summed E-state index contributed by atoms with van der Waals surface area (Å²) in [6.45, 7) is 0.625. The summed E-state index contributed by atoms with van der Waals surface area (Å²) in [5.41, 5.74) is 7.64. The third kappa shape index (κ3) is 3.61. The molecule has 0 saturated heterocycles. The van der Waals surface area contributed by atoms with Gasteiger partial charge in [-0.3, -0.25) is 0 Å². The lowest BCUT2D eigenvalue weighted by molar-refractivity contribution is 0.350. The van der Waals surface area contributed by atoms with Crippen molar-refractivity contribution in [3.63, 3.8) is 0 Å². The van der Waals surface area contributed by atoms with E-state index in [0.717, 1.165) is 18.4 Å². The lowest BCUT2D eigenvalue weighted by Crippen LogP contribution is -2.00. The van der Waals surface area contributed by atoms with Crippen LogP contribution in [0.3, 0.4) is 0 Å². The van der Waals surface area contributed by atoms with Crippen molar-refractivity contribution in [2.24, 2.45) is 5.73 Å². The SMILES string of the molecule is NCCCc1cccc(C#CCO)c1. The minimum absolute atomic E-state index is 0.0903. The molecule has 0 atom stereocenters. The average Bonchev–Trinajstić information content (AvgIpc) is 2.24. The Balaban J connectivity index is 2.68. The van der Waals surface area contributed by atoms with E-state index in [1.807, 2.05) is 18.2 Å². The molecule has 0 saturated carbocycles. The Morgan fingerprint density at radius 1 is 1.36 bits per heavy atom. The lowest BCUT2D eigenvalue weighted by Gasteiger charge is -1.99. The van der Waals surface area contributed by atoms with Crippen LogP contribution in [0.4, 0.5) is 0 Å². The summed E-state index contributed by atoms with van der Waals surface area (Å²) in [7, 11) is 0. The van der Waals surface area contributed by atoms with Crippen molar-refractivity contribution in [1.82, 2.24) is 0 Å². The first kappa shape index (κ1) is 10.8. The number of rotatable bonds is 3. The van der Waals surface area contributed by atoms with Gasteiger partial charge in [0.15, 0.2) is 0 Å². The molecule has 0 bridgehead atoms. The standard InChI is InChI=1S/C12H15NO/c13-8-2-6-11-4-1-5-12(10-11)7-3-9-14/h1,4-5,10,14H,2,6,8-9,13H2. The Morgan fingerprint density at radius 2 is 2.21 bits per heavy atom. The number of aliphatic hydroxyl groups excluding tert-OH is 1. The summed E-state index contributed by atoms with van der Waals surface area (Å²) >= 11 is 0. The fourth-order valence-corrected chi connectivity index (χ4v) is 1.25. The molecular weight excluding hydrogens is 174 g/mol. The number of hydrogen-bond donors (Lipinski definition) is 2. The van der Waals surface area contributed by atoms with Gasteiger partial charge in [-0.2, -0.15) is 0 Å². The zero-order valence-corrected chi connectivity index (χ0v) is 8.16. The van der Waals surface area contributed by atoms with E-state index in [4.69, 9.17) is 10.8 Å². The maximum Gasteiger partial charge on any atom is 0.104 e. The molecule has 1 aromatic rings. The molecule has 0 fully saturated rings. The summed E-state index contributed by atoms with van der Waals surface area (Å²) in [6.07, 6.45) is 1.99. The van der Waals surface area contributed by atoms with Crippen LogP contribution < -0.4 is 5.73 Å². The summed E-state index contributed by atoms with van der Waals surface area (Å²) in [5.74, 6) is 5.51. The van der Waals surface area contributed by atoms with Gasteiger partial charge in [0.1, 0.15) is 6.61 Å². The second-order valence-corrected chi connectivity index (χ2v) is 3.05. The molecule has 0 unspecified atom stereocenters. The molecule has 3 N–H and O–H groups in total. The number of hydrogen-bond acceptors (Lipinski definition) is 2. The number of aliphatic hydroxyl groups is 1. The van der Waals surface area contributed by atoms with E-state index >= 15 is 0 Å². The zero-order valence-electron chi connectivity index (χ0n) is 8.16. The Bertz CT molecular complexity index is 336. The van der Waals surface area contributed by atoms with Crippen LogP contribution in [-0.2, 0) is 6.42 Å². The van der Waals surface area contributed by atoms with Gasteiger partial charge in [0.2, 0.25) is 0 Å². The highest BCUT2D eigenvalue weighted by molar-refractivity contribution is 5.37. The maximum absolute atomic E-state index is 8.55. The highest BCUT2D eigenvalue weighted by Crippen LogP contribution is 2.06. The van der Waals surface area contributed by atoms with E-state index in [1.165, 1.54) is 5.56 Å². The van der Waals surface area contributed by atoms with Gasteiger partial charge in [-0.15, -0.1) is 0 Å². The largest absolute Gasteiger partial charge is 0.384 e. The molecule has 0 aromatic heterocycles. The van der Waals surface area contributed by atoms with E-state index in [1.54, 1.807) is 0 Å². The Hall–Kier alpha value is -1.30. The molecule has 2 nitrogen and oxygen atoms in total. The molecule has 0 radical (unpaired) electrons. The molecule has 0 spiro atoms. The third-order valence-electron chi connectivity index (χ3n) is 1.91. The highest BCUT2D eigenvalue weighted by atomic mass is 16.2. The van der Waals surface area contributed by atoms with Crippen molar-refractivity contribution in [1.29, 1.82) is 0 Å². The molecule has 0 amide bonds. The molecule has 74 valence electrons. The molecular formula is C12H15NO. The van der Waals surface area contributed by atoms with Gasteiger partial charge in [0, 0.05) is 5.56 Å². The van der Waals surface area contributed by atoms with Crippen LogP contribution in [0.2, 0.25) is 0 Å². The predicted octanol–water partition coefficient (Wildman–Crippen LogP) is 0.922. The molecule has 0 heterocycles. The van der Waals surface area contributed by atoms with Crippen LogP contribution >= 0.6 is 0 Å². The highest BCUT2D eigenvalue weighted by Gasteiger charge is 1.92. The topological polar surface area (TPSA) is 46.2 Å². The van der Waals surface area contributed by atoms with Gasteiger partial charge in [-0.1, -0.05) is 24.0 Å². The summed E-state index contributed by atoms with van der Waals surface area (Å²) in [4.78, 5) is 0. The molecule has 14 heavy (non-hydrogen) atoms. The maximum atomic E-state index is 8.55. The van der Waals surface area contributed by atoms with Crippen LogP contribution in [0.1, 0.15) is 17.5 Å². The molecule has 2 heteroatoms. The second kappa shape index (κ2) is 6.20. The smallest absolute Gasteiger partial charge is 0.104 e. The Morgan fingerprint density at radius 3 is 2.93 bits per heavy atom. The van der Waals surface area contributed by atoms with Crippen molar-refractivity contribution in [3.05, 3.63) is 35.4 Å². The molecule has 0 aliphatic rings. The average molecular weight is 189 g/mol. The lowest BCUT2D eigenvalue weighted by atomic mass is 10.1. The van der Waals surface area contributed by atoms with Crippen LogP contribution in [0.15, 0.2) is 24.3 Å². The normalized spacial score (nSPS) is 9.29. The van der Waals surface area contributed by atoms with Gasteiger partial charge in [-0.25, -0.2) is 0 Å². The van der Waals surface area contributed by atoms with E-state index in [-0.39, 0.29) is 6.61 Å². The second-order valence-electron chi connectivity index (χ2n) is 3.05. The van der Waals surface area contributed by atoms with Gasteiger partial charge in [0.05, 0.1) is 0 Å². The molecule has 1 aromatic carbocycles. The van der Waals surface area contributed by atoms with Crippen molar-refractivity contribution in [2.75, 3.05) is 13.2 Å². The Labute approximate surface area is 84.8 Å². The van der Waals surface area contributed by atoms with Gasteiger partial charge < -0.3 is 10.8 Å². The minimum Gasteiger partial charge on any atom is -0.384 e. The third-order valence-corrected chi connectivity index (χ3v) is 1.91. The first-order valence-corrected chi connectivity index (χ1v) is 4.75. The molecule has 0 aliphatic heterocycles. The first-order chi connectivity index (χ1) is 6.86. The fraction of sp³-hybridized carbons (Fsp3) is 0.333. The number of nitrogens with two attached hydrogens (primary N) is 1. The van der Waals surface area contributed by atoms with Gasteiger partial charge >= 0.3 is 0 Å². The van der Waals surface area contributed by atoms with Crippen LogP contribution in [-0.4, -0.2) is 18.3 Å². The molecule has 0 aliphatic carbocycles. The van der Waals surface area contributed by atoms with E-state index in [0.29, 0.717) is 6.54 Å². The number of aryl methyl sites for hydroxylation is 1. The predicted molar refractivity (Wildman–Crippen MR) is 57.8 cm³/mol. The number of benzene rings is 1. The Kier molecular flexibility index (Phi) is 4.77. The van der Waals surface area contributed by atoms with Crippen molar-refractivity contribution < 1.29 is 5.11 Å². The van der Waals surface area contributed by atoms with Crippen LogP contribution in [0, 0.1) is 11.8 Å². The van der Waals surface area contributed by atoms with Crippen LogP contribution in [0.5, 0.6) is 0 Å².